The van der Waals surface area contributed by atoms with Crippen molar-refractivity contribution in [2.45, 2.75) is 20.4 Å². The fraction of sp³-hybridized carbons (Fsp3) is 0.176. The zero-order valence-electron chi connectivity index (χ0n) is 11.4. The number of hydrogen-bond donors (Lipinski definition) is 1. The molecule has 0 atom stereocenters. The first-order valence-corrected chi connectivity index (χ1v) is 6.55. The fourth-order valence-electron chi connectivity index (χ4n) is 2.60. The Kier molecular flexibility index (Phi) is 2.79. The minimum atomic E-state index is 0.867. The van der Waals surface area contributed by atoms with E-state index >= 15 is 0 Å². The molecule has 0 unspecified atom stereocenters. The smallest absolute Gasteiger partial charge is 0.0485 e. The third kappa shape index (κ3) is 1.99. The molecule has 2 nitrogen and oxygen atoms in total. The van der Waals surface area contributed by atoms with Gasteiger partial charge in [-0.15, -0.1) is 0 Å². The molecule has 0 saturated heterocycles. The summed E-state index contributed by atoms with van der Waals surface area (Å²) in [5.74, 6) is 0. The van der Waals surface area contributed by atoms with Crippen LogP contribution in [0, 0.1) is 13.8 Å². The number of nitrogens with zero attached hydrogens (tertiary/aromatic N) is 1. The first kappa shape index (κ1) is 11.8. The maximum absolute atomic E-state index is 5.99. The van der Waals surface area contributed by atoms with E-state index in [2.05, 4.69) is 54.8 Å². The Morgan fingerprint density at radius 2 is 1.79 bits per heavy atom. The zero-order chi connectivity index (χ0) is 13.4. The van der Waals surface area contributed by atoms with Gasteiger partial charge in [-0.1, -0.05) is 30.3 Å². The molecule has 0 aliphatic rings. The van der Waals surface area contributed by atoms with E-state index in [0.29, 0.717) is 0 Å². The Morgan fingerprint density at radius 1 is 1.00 bits per heavy atom. The average molecular weight is 250 g/mol. The molecular formula is C17H18N2. The molecule has 0 aliphatic heterocycles. The predicted molar refractivity (Wildman–Crippen MR) is 81.4 cm³/mol. The summed E-state index contributed by atoms with van der Waals surface area (Å²) in [6.07, 6.45) is 0. The second-order valence-corrected chi connectivity index (χ2v) is 5.06. The highest BCUT2D eigenvalue weighted by atomic mass is 15.0. The summed E-state index contributed by atoms with van der Waals surface area (Å²) in [4.78, 5) is 0. The fourth-order valence-corrected chi connectivity index (χ4v) is 2.60. The molecule has 2 aromatic carbocycles. The molecule has 3 rings (SSSR count). The van der Waals surface area contributed by atoms with E-state index < -0.39 is 0 Å². The Labute approximate surface area is 113 Å². The van der Waals surface area contributed by atoms with E-state index in [1.807, 2.05) is 12.1 Å². The summed E-state index contributed by atoms with van der Waals surface area (Å²) in [6.45, 7) is 5.11. The number of nitrogen functional groups attached to an aromatic ring is 1. The Balaban J connectivity index is 2.11. The van der Waals surface area contributed by atoms with Gasteiger partial charge in [0.05, 0.1) is 0 Å². The highest BCUT2D eigenvalue weighted by molar-refractivity contribution is 5.81. The predicted octanol–water partition coefficient (Wildman–Crippen LogP) is 3.89. The van der Waals surface area contributed by atoms with Crippen molar-refractivity contribution in [3.63, 3.8) is 0 Å². The molecule has 1 heterocycles. The second kappa shape index (κ2) is 4.47. The molecule has 2 N–H and O–H groups in total. The number of nitrogens with two attached hydrogens (primary N) is 1. The molecule has 0 amide bonds. The highest BCUT2D eigenvalue weighted by Gasteiger charge is 2.07. The molecule has 3 aromatic rings. The Morgan fingerprint density at radius 3 is 2.63 bits per heavy atom. The number of benzene rings is 2. The Hall–Kier alpha value is -2.22. The van der Waals surface area contributed by atoms with Crippen molar-refractivity contribution in [3.05, 3.63) is 65.4 Å². The van der Waals surface area contributed by atoms with Crippen LogP contribution < -0.4 is 5.73 Å². The monoisotopic (exact) mass is 250 g/mol. The third-order valence-electron chi connectivity index (χ3n) is 3.83. The van der Waals surface area contributed by atoms with Gasteiger partial charge < -0.3 is 10.3 Å². The molecule has 1 aromatic heterocycles. The van der Waals surface area contributed by atoms with Crippen LogP contribution in [0.25, 0.3) is 10.9 Å². The van der Waals surface area contributed by atoms with E-state index in [0.717, 1.165) is 12.2 Å². The van der Waals surface area contributed by atoms with Crippen molar-refractivity contribution in [3.8, 4) is 0 Å². The SMILES string of the molecule is Cc1c(N)cccc1Cn1c(C)cc2ccccc21. The zero-order valence-corrected chi connectivity index (χ0v) is 11.4. The van der Waals surface area contributed by atoms with Crippen molar-refractivity contribution in [2.75, 3.05) is 5.73 Å². The van der Waals surface area contributed by atoms with Gasteiger partial charge in [-0.05, 0) is 48.6 Å². The van der Waals surface area contributed by atoms with Crippen molar-refractivity contribution >= 4 is 16.6 Å². The van der Waals surface area contributed by atoms with Crippen LogP contribution in [0.4, 0.5) is 5.69 Å². The molecule has 0 radical (unpaired) electrons. The lowest BCUT2D eigenvalue weighted by Crippen LogP contribution is -2.04. The third-order valence-corrected chi connectivity index (χ3v) is 3.83. The molecule has 19 heavy (non-hydrogen) atoms. The van der Waals surface area contributed by atoms with E-state index in [9.17, 15) is 0 Å². The standard InChI is InChI=1S/C17H18N2/c1-12-10-14-6-3-4-9-17(14)19(12)11-15-7-5-8-16(18)13(15)2/h3-10H,11,18H2,1-2H3. The molecule has 0 fully saturated rings. The summed E-state index contributed by atoms with van der Waals surface area (Å²) in [5.41, 5.74) is 11.9. The van der Waals surface area contributed by atoms with Crippen LogP contribution in [0.5, 0.6) is 0 Å². The van der Waals surface area contributed by atoms with Crippen LogP contribution in [0.3, 0.4) is 0 Å². The summed E-state index contributed by atoms with van der Waals surface area (Å²) >= 11 is 0. The van der Waals surface area contributed by atoms with E-state index in [1.54, 1.807) is 0 Å². The van der Waals surface area contributed by atoms with Gasteiger partial charge in [0.15, 0.2) is 0 Å². The minimum Gasteiger partial charge on any atom is -0.399 e. The van der Waals surface area contributed by atoms with E-state index in [4.69, 9.17) is 5.73 Å². The number of anilines is 1. The maximum Gasteiger partial charge on any atom is 0.0485 e. The van der Waals surface area contributed by atoms with Gasteiger partial charge in [0.2, 0.25) is 0 Å². The van der Waals surface area contributed by atoms with Crippen molar-refractivity contribution in [2.24, 2.45) is 0 Å². The highest BCUT2D eigenvalue weighted by Crippen LogP contribution is 2.23. The number of rotatable bonds is 2. The van der Waals surface area contributed by atoms with Gasteiger partial charge in [0.25, 0.3) is 0 Å². The van der Waals surface area contributed by atoms with Gasteiger partial charge >= 0.3 is 0 Å². The van der Waals surface area contributed by atoms with Crippen LogP contribution in [-0.4, -0.2) is 4.57 Å². The summed E-state index contributed by atoms with van der Waals surface area (Å²) in [6, 6.07) is 16.9. The summed E-state index contributed by atoms with van der Waals surface area (Å²) in [5, 5.41) is 1.29. The quantitative estimate of drug-likeness (QED) is 0.687. The van der Waals surface area contributed by atoms with Crippen LogP contribution in [0.1, 0.15) is 16.8 Å². The summed E-state index contributed by atoms with van der Waals surface area (Å²) in [7, 11) is 0. The van der Waals surface area contributed by atoms with Gasteiger partial charge in [-0.25, -0.2) is 0 Å². The van der Waals surface area contributed by atoms with Gasteiger partial charge in [-0.3, -0.25) is 0 Å². The number of hydrogen-bond acceptors (Lipinski definition) is 1. The molecule has 0 saturated carbocycles. The average Bonchev–Trinajstić information content (AvgIpc) is 2.72. The molecule has 96 valence electrons. The largest absolute Gasteiger partial charge is 0.399 e. The maximum atomic E-state index is 5.99. The van der Waals surface area contributed by atoms with Crippen LogP contribution in [0.15, 0.2) is 48.5 Å². The second-order valence-electron chi connectivity index (χ2n) is 5.06. The van der Waals surface area contributed by atoms with Gasteiger partial charge in [-0.2, -0.15) is 0 Å². The summed E-state index contributed by atoms with van der Waals surface area (Å²) < 4.78 is 2.34. The molecule has 0 spiro atoms. The van der Waals surface area contributed by atoms with Crippen LogP contribution in [-0.2, 0) is 6.54 Å². The van der Waals surface area contributed by atoms with Gasteiger partial charge in [0.1, 0.15) is 0 Å². The van der Waals surface area contributed by atoms with E-state index in [1.165, 1.54) is 27.7 Å². The van der Waals surface area contributed by atoms with Gasteiger partial charge in [0, 0.05) is 23.4 Å². The van der Waals surface area contributed by atoms with Crippen molar-refractivity contribution in [1.29, 1.82) is 0 Å². The lowest BCUT2D eigenvalue weighted by atomic mass is 10.1. The van der Waals surface area contributed by atoms with Crippen molar-refractivity contribution in [1.82, 2.24) is 4.57 Å². The molecule has 0 bridgehead atoms. The number of fused-ring (bicyclic) bond motifs is 1. The lowest BCUT2D eigenvalue weighted by Gasteiger charge is -2.12. The number of aromatic nitrogens is 1. The first-order chi connectivity index (χ1) is 9.16. The van der Waals surface area contributed by atoms with Crippen LogP contribution >= 0.6 is 0 Å². The molecular weight excluding hydrogens is 232 g/mol. The van der Waals surface area contributed by atoms with E-state index in [-0.39, 0.29) is 0 Å². The number of para-hydroxylation sites is 1. The molecule has 2 heteroatoms. The normalized spacial score (nSPS) is 11.1. The minimum absolute atomic E-state index is 0.867. The topological polar surface area (TPSA) is 30.9 Å². The molecule has 0 aliphatic carbocycles. The first-order valence-electron chi connectivity index (χ1n) is 6.55. The number of aryl methyl sites for hydroxylation is 1. The van der Waals surface area contributed by atoms with Crippen LogP contribution in [0.2, 0.25) is 0 Å². The lowest BCUT2D eigenvalue weighted by molar-refractivity contribution is 0.800. The van der Waals surface area contributed by atoms with Crippen molar-refractivity contribution < 1.29 is 0 Å². The Bertz CT molecular complexity index is 738.